The molecule has 94 valence electrons. The van der Waals surface area contributed by atoms with Gasteiger partial charge in [0.2, 0.25) is 5.91 Å². The van der Waals surface area contributed by atoms with Crippen LogP contribution in [0.2, 0.25) is 0 Å². The fourth-order valence-corrected chi connectivity index (χ4v) is 1.63. The van der Waals surface area contributed by atoms with Crippen LogP contribution in [-0.2, 0) is 4.74 Å². The van der Waals surface area contributed by atoms with Crippen LogP contribution in [0.1, 0.15) is 6.42 Å². The summed E-state index contributed by atoms with van der Waals surface area (Å²) in [6.45, 7) is 0.495. The molecule has 0 radical (unpaired) electrons. The highest BCUT2D eigenvalue weighted by molar-refractivity contribution is 6.50. The Hall–Kier alpha value is -1.23. The van der Waals surface area contributed by atoms with Crippen molar-refractivity contribution >= 4 is 17.4 Å². The predicted molar refractivity (Wildman–Crippen MR) is 64.1 cm³/mol. The minimum absolute atomic E-state index is 0.268. The smallest absolute Gasteiger partial charge is 0.222 e. The number of nitrogens with zero attached hydrogens (tertiary/aromatic N) is 3. The molecule has 9 nitrogen and oxygen atoms in total. The number of nitrogens with two attached hydrogens (primary N) is 4. The van der Waals surface area contributed by atoms with E-state index in [2.05, 4.69) is 20.3 Å². The molecule has 17 heavy (non-hydrogen) atoms. The van der Waals surface area contributed by atoms with E-state index in [0.29, 0.717) is 24.6 Å². The number of methoxy groups -OCH3 is 1. The zero-order valence-corrected chi connectivity index (χ0v) is 9.47. The highest BCUT2D eigenvalue weighted by atomic mass is 16.5. The minimum Gasteiger partial charge on any atom is -0.384 e. The number of hydrogen-bond donors (Lipinski definition) is 5. The van der Waals surface area contributed by atoms with E-state index >= 15 is 0 Å². The first-order valence-corrected chi connectivity index (χ1v) is 5.05. The highest BCUT2D eigenvalue weighted by Gasteiger charge is 2.43. The number of fused-ring (bicyclic) bond motifs is 1. The summed E-state index contributed by atoms with van der Waals surface area (Å²) in [6, 6.07) is 0. The first-order chi connectivity index (χ1) is 7.84. The summed E-state index contributed by atoms with van der Waals surface area (Å²) in [6.07, 6.45) is 0.539. The van der Waals surface area contributed by atoms with Crippen LogP contribution in [0.5, 0.6) is 0 Å². The van der Waals surface area contributed by atoms with E-state index in [1.54, 1.807) is 7.11 Å². The number of ether oxygens (including phenoxy) is 1. The van der Waals surface area contributed by atoms with E-state index in [1.165, 1.54) is 0 Å². The van der Waals surface area contributed by atoms with E-state index < -0.39 is 11.7 Å². The number of nitrogens with one attached hydrogen (secondary N) is 1. The number of hydrogen-bond acceptors (Lipinski definition) is 9. The Morgan fingerprint density at radius 3 is 2.59 bits per heavy atom. The summed E-state index contributed by atoms with van der Waals surface area (Å²) in [4.78, 5) is 12.3. The van der Waals surface area contributed by atoms with Gasteiger partial charge in [0, 0.05) is 13.5 Å². The molecule has 0 atom stereocenters. The van der Waals surface area contributed by atoms with Gasteiger partial charge >= 0.3 is 0 Å². The minimum atomic E-state index is -1.54. The van der Waals surface area contributed by atoms with E-state index in [0.717, 1.165) is 0 Å². The van der Waals surface area contributed by atoms with Gasteiger partial charge in [-0.15, -0.1) is 0 Å². The maximum atomic E-state index is 5.82. The molecule has 0 bridgehead atoms. The van der Waals surface area contributed by atoms with Gasteiger partial charge in [-0.3, -0.25) is 22.9 Å². The van der Waals surface area contributed by atoms with Crippen molar-refractivity contribution in [2.45, 2.75) is 18.1 Å². The van der Waals surface area contributed by atoms with Crippen LogP contribution in [0.4, 0.5) is 0 Å². The van der Waals surface area contributed by atoms with Crippen LogP contribution >= 0.6 is 0 Å². The lowest BCUT2D eigenvalue weighted by Gasteiger charge is -2.37. The molecule has 0 amide bonds. The van der Waals surface area contributed by atoms with Gasteiger partial charge < -0.3 is 4.74 Å². The maximum Gasteiger partial charge on any atom is 0.222 e. The Balaban J connectivity index is 2.30. The molecule has 0 aliphatic carbocycles. The van der Waals surface area contributed by atoms with E-state index in [9.17, 15) is 0 Å². The molecule has 2 aliphatic heterocycles. The monoisotopic (exact) mass is 240 g/mol. The Kier molecular flexibility index (Phi) is 2.81. The fourth-order valence-electron chi connectivity index (χ4n) is 1.63. The van der Waals surface area contributed by atoms with Crippen LogP contribution in [0.25, 0.3) is 0 Å². The second-order valence-corrected chi connectivity index (χ2v) is 3.99. The first kappa shape index (κ1) is 12.2. The largest absolute Gasteiger partial charge is 0.384 e. The average Bonchev–Trinajstić information content (AvgIpc) is 2.55. The normalized spacial score (nSPS) is 24.9. The maximum absolute atomic E-state index is 5.82. The Labute approximate surface area is 98.0 Å². The Bertz CT molecular complexity index is 421. The van der Waals surface area contributed by atoms with Gasteiger partial charge in [0.05, 0.1) is 6.61 Å². The van der Waals surface area contributed by atoms with Gasteiger partial charge in [0.15, 0.2) is 11.6 Å². The number of aliphatic imine (C=N–C) groups is 3. The fraction of sp³-hybridized carbons (Fsp3) is 0.625. The molecule has 0 unspecified atom stereocenters. The second-order valence-electron chi connectivity index (χ2n) is 3.99. The van der Waals surface area contributed by atoms with Crippen LogP contribution < -0.4 is 28.3 Å². The van der Waals surface area contributed by atoms with Gasteiger partial charge in [-0.2, -0.15) is 0 Å². The first-order valence-electron chi connectivity index (χ1n) is 5.05. The third-order valence-corrected chi connectivity index (χ3v) is 2.31. The molecule has 2 rings (SSSR count). The van der Waals surface area contributed by atoms with E-state index in [4.69, 9.17) is 27.7 Å². The third-order valence-electron chi connectivity index (χ3n) is 2.31. The topological polar surface area (TPSA) is 162 Å². The zero-order valence-electron chi connectivity index (χ0n) is 9.47. The van der Waals surface area contributed by atoms with Crippen molar-refractivity contribution in [3.63, 3.8) is 0 Å². The van der Waals surface area contributed by atoms with Crippen LogP contribution in [0.3, 0.4) is 0 Å². The van der Waals surface area contributed by atoms with Gasteiger partial charge in [-0.25, -0.2) is 20.3 Å². The standard InChI is InChI=1S/C8H16N8O/c1-17-3-2-4-13-5-6(14-4)15-8(11,12)16-7(5,9)10/h16H,2-3,9-12H2,1H3. The van der Waals surface area contributed by atoms with Crippen molar-refractivity contribution in [1.82, 2.24) is 5.32 Å². The number of amidine groups is 2. The van der Waals surface area contributed by atoms with Crippen molar-refractivity contribution in [1.29, 1.82) is 0 Å². The molecule has 0 saturated carbocycles. The van der Waals surface area contributed by atoms with Crippen molar-refractivity contribution in [2.75, 3.05) is 13.7 Å². The van der Waals surface area contributed by atoms with Crippen molar-refractivity contribution in [2.24, 2.45) is 37.9 Å². The summed E-state index contributed by atoms with van der Waals surface area (Å²) in [7, 11) is 1.59. The Morgan fingerprint density at radius 2 is 1.94 bits per heavy atom. The van der Waals surface area contributed by atoms with Crippen LogP contribution in [-0.4, -0.2) is 42.8 Å². The van der Waals surface area contributed by atoms with Gasteiger partial charge in [0.1, 0.15) is 11.5 Å². The third kappa shape index (κ3) is 2.39. The lowest BCUT2D eigenvalue weighted by atomic mass is 10.1. The van der Waals surface area contributed by atoms with Gasteiger partial charge in [-0.05, 0) is 0 Å². The summed E-state index contributed by atoms with van der Waals surface area (Å²) >= 11 is 0. The van der Waals surface area contributed by atoms with Gasteiger partial charge in [-0.1, -0.05) is 0 Å². The summed E-state index contributed by atoms with van der Waals surface area (Å²) in [5.41, 5.74) is 23.2. The molecule has 9 N–H and O–H groups in total. The average molecular weight is 240 g/mol. The molecule has 9 heteroatoms. The molecular formula is C8H16N8O. The van der Waals surface area contributed by atoms with Crippen LogP contribution in [0.15, 0.2) is 15.0 Å². The zero-order chi connectivity index (χ0) is 12.7. The predicted octanol–water partition coefficient (Wildman–Crippen LogP) is -3.02. The SMILES string of the molecule is COCCC1=NC2=NC(N)(N)NC(N)(N)C2=N1. The van der Waals surface area contributed by atoms with E-state index in [-0.39, 0.29) is 5.84 Å². The van der Waals surface area contributed by atoms with Gasteiger partial charge in [0.25, 0.3) is 0 Å². The molecule has 0 fully saturated rings. The molecule has 0 aromatic carbocycles. The molecule has 0 aromatic rings. The second kappa shape index (κ2) is 3.91. The Morgan fingerprint density at radius 1 is 1.24 bits per heavy atom. The summed E-state index contributed by atoms with van der Waals surface area (Å²) < 4.78 is 4.93. The van der Waals surface area contributed by atoms with Crippen LogP contribution in [0, 0.1) is 0 Å². The molecule has 0 aromatic heterocycles. The molecule has 2 heterocycles. The highest BCUT2D eigenvalue weighted by Crippen LogP contribution is 2.15. The summed E-state index contributed by atoms with van der Waals surface area (Å²) in [5.74, 6) is -2.18. The molecule has 0 saturated heterocycles. The molecule has 0 spiro atoms. The van der Waals surface area contributed by atoms with Crippen molar-refractivity contribution in [3.05, 3.63) is 0 Å². The van der Waals surface area contributed by atoms with E-state index in [1.807, 2.05) is 0 Å². The van der Waals surface area contributed by atoms with Crippen molar-refractivity contribution in [3.8, 4) is 0 Å². The lowest BCUT2D eigenvalue weighted by Crippen LogP contribution is -2.80. The quantitative estimate of drug-likeness (QED) is 0.329. The molecular weight excluding hydrogens is 224 g/mol. The summed E-state index contributed by atoms with van der Waals surface area (Å²) in [5, 5.41) is 2.57. The number of rotatable bonds is 3. The molecule has 2 aliphatic rings. The van der Waals surface area contributed by atoms with Crippen molar-refractivity contribution < 1.29 is 4.74 Å². The lowest BCUT2D eigenvalue weighted by molar-refractivity contribution is 0.207.